The highest BCUT2D eigenvalue weighted by molar-refractivity contribution is 5.98. The number of carbonyl (C=O) groups is 2. The Labute approximate surface area is 162 Å². The molecule has 0 aromatic heterocycles. The maximum atomic E-state index is 14.1. The Kier molecular flexibility index (Phi) is 6.93. The number of fused-ring (bicyclic) bond motifs is 1. The fourth-order valence-corrected chi connectivity index (χ4v) is 2.71. The number of benzene rings is 1. The molecule has 0 amide bonds. The third-order valence-corrected chi connectivity index (χ3v) is 4.63. The summed E-state index contributed by atoms with van der Waals surface area (Å²) in [5.41, 5.74) is 0.778. The molecule has 8 heteroatoms. The van der Waals surface area contributed by atoms with Crippen molar-refractivity contribution in [2.45, 2.75) is 38.6 Å². The number of esters is 1. The number of hydrogen-bond donors (Lipinski definition) is 4. The number of anilines is 1. The minimum atomic E-state index is -1.93. The number of nitrogens with one attached hydrogen (secondary N) is 1. The maximum Gasteiger partial charge on any atom is 0.342 e. The second kappa shape index (κ2) is 8.99. The number of carbonyl (C=O) groups excluding carboxylic acids is 2. The molecule has 0 saturated heterocycles. The average molecular weight is 393 g/mol. The molecule has 1 aliphatic heterocycles. The molecule has 0 radical (unpaired) electrons. The van der Waals surface area contributed by atoms with Crippen LogP contribution in [0.3, 0.4) is 0 Å². The van der Waals surface area contributed by atoms with Gasteiger partial charge in [0, 0.05) is 24.7 Å². The smallest absolute Gasteiger partial charge is 0.342 e. The lowest BCUT2D eigenvalue weighted by Gasteiger charge is -2.20. The van der Waals surface area contributed by atoms with Crippen LogP contribution in [0.4, 0.5) is 10.1 Å². The lowest BCUT2D eigenvalue weighted by molar-refractivity contribution is -0.130. The molecule has 152 valence electrons. The van der Waals surface area contributed by atoms with Crippen molar-refractivity contribution < 1.29 is 34.0 Å². The van der Waals surface area contributed by atoms with Gasteiger partial charge in [-0.05, 0) is 31.1 Å². The number of aromatic hydroxyl groups is 1. The summed E-state index contributed by atoms with van der Waals surface area (Å²) in [6.45, 7) is 3.05. The van der Waals surface area contributed by atoms with Crippen LogP contribution >= 0.6 is 0 Å². The van der Waals surface area contributed by atoms with E-state index in [2.05, 4.69) is 5.32 Å². The number of phenols is 1. The van der Waals surface area contributed by atoms with Crippen molar-refractivity contribution in [2.24, 2.45) is 5.92 Å². The first-order valence-electron chi connectivity index (χ1n) is 8.85. The zero-order valence-electron chi connectivity index (χ0n) is 15.8. The van der Waals surface area contributed by atoms with Crippen LogP contribution in [0.5, 0.6) is 5.75 Å². The van der Waals surface area contributed by atoms with Gasteiger partial charge in [0.15, 0.2) is 5.83 Å². The summed E-state index contributed by atoms with van der Waals surface area (Å²) >= 11 is 0. The van der Waals surface area contributed by atoms with Gasteiger partial charge in [0.25, 0.3) is 0 Å². The van der Waals surface area contributed by atoms with Gasteiger partial charge >= 0.3 is 5.97 Å². The first-order valence-corrected chi connectivity index (χ1v) is 8.85. The van der Waals surface area contributed by atoms with Crippen LogP contribution in [0.15, 0.2) is 30.1 Å². The zero-order chi connectivity index (χ0) is 21.0. The van der Waals surface area contributed by atoms with Crippen molar-refractivity contribution in [3.05, 3.63) is 41.2 Å². The highest BCUT2D eigenvalue weighted by Crippen LogP contribution is 2.30. The summed E-state index contributed by atoms with van der Waals surface area (Å²) in [5, 5.41) is 33.0. The zero-order valence-corrected chi connectivity index (χ0v) is 15.8. The van der Waals surface area contributed by atoms with Gasteiger partial charge in [-0.2, -0.15) is 0 Å². The molecule has 0 spiro atoms. The minimum absolute atomic E-state index is 0.0816. The predicted octanol–water partition coefficient (Wildman–Crippen LogP) is 2.18. The van der Waals surface area contributed by atoms with E-state index >= 15 is 0 Å². The molecule has 0 saturated carbocycles. The number of ether oxygens (including phenoxy) is 1. The number of rotatable bonds is 1. The fraction of sp³-hybridized carbons (Fsp3) is 0.400. The first-order chi connectivity index (χ1) is 13.1. The van der Waals surface area contributed by atoms with Gasteiger partial charge in [0.1, 0.15) is 23.5 Å². The van der Waals surface area contributed by atoms with E-state index in [4.69, 9.17) is 4.74 Å². The minimum Gasteiger partial charge on any atom is -0.507 e. The van der Waals surface area contributed by atoms with Crippen LogP contribution in [0, 0.1) is 5.92 Å². The normalized spacial score (nSPS) is 29.7. The summed E-state index contributed by atoms with van der Waals surface area (Å²) in [6.07, 6.45) is -0.667. The first kappa shape index (κ1) is 21.6. The van der Waals surface area contributed by atoms with Gasteiger partial charge in [-0.25, -0.2) is 9.18 Å². The molecule has 1 heterocycles. The van der Waals surface area contributed by atoms with Crippen LogP contribution in [0.25, 0.3) is 6.08 Å². The van der Waals surface area contributed by atoms with Crippen molar-refractivity contribution in [1.29, 1.82) is 0 Å². The molecular formula is C20H24FNO6. The Morgan fingerprint density at radius 2 is 1.89 bits per heavy atom. The van der Waals surface area contributed by atoms with E-state index < -0.39 is 41.8 Å². The van der Waals surface area contributed by atoms with Crippen molar-refractivity contribution in [1.82, 2.24) is 0 Å². The number of cyclic esters (lactones) is 1. The number of aliphatic hydroxyl groups is 2. The number of halogens is 1. The lowest BCUT2D eigenvalue weighted by Crippen LogP contribution is -2.34. The highest BCUT2D eigenvalue weighted by Gasteiger charge is 2.29. The van der Waals surface area contributed by atoms with Crippen LogP contribution in [-0.4, -0.2) is 52.4 Å². The Bertz CT molecular complexity index is 819. The molecule has 0 fully saturated rings. The molecule has 7 nitrogen and oxygen atoms in total. The number of hydrogen-bond acceptors (Lipinski definition) is 7. The summed E-state index contributed by atoms with van der Waals surface area (Å²) in [6, 6.07) is 2.96. The molecular weight excluding hydrogens is 369 g/mol. The van der Waals surface area contributed by atoms with Gasteiger partial charge in [0.05, 0.1) is 6.10 Å². The Hall–Kier alpha value is -2.71. The van der Waals surface area contributed by atoms with E-state index in [1.165, 1.54) is 32.1 Å². The van der Waals surface area contributed by atoms with Crippen LogP contribution < -0.4 is 5.32 Å². The summed E-state index contributed by atoms with van der Waals surface area (Å²) in [5.74, 6) is -4.26. The predicted molar refractivity (Wildman–Crippen MR) is 102 cm³/mol. The molecule has 4 atom stereocenters. The Morgan fingerprint density at radius 1 is 1.21 bits per heavy atom. The molecule has 1 aromatic carbocycles. The molecule has 2 rings (SSSR count). The molecule has 0 aliphatic carbocycles. The van der Waals surface area contributed by atoms with Crippen molar-refractivity contribution >= 4 is 23.5 Å². The maximum absolute atomic E-state index is 14.1. The third-order valence-electron chi connectivity index (χ3n) is 4.63. The number of phenolic OH excluding ortho intramolecular Hbond substituents is 1. The lowest BCUT2D eigenvalue weighted by atomic mass is 9.99. The quantitative estimate of drug-likeness (QED) is 0.541. The number of ketones is 1. The SMILES string of the molecule is CNc1cc(O)c2c(c1)/C=C/CC(O)C(O)C(=O)/C(F)=C\C(C)C(C)OC2=O. The van der Waals surface area contributed by atoms with E-state index in [1.807, 2.05) is 0 Å². The molecule has 0 bridgehead atoms. The van der Waals surface area contributed by atoms with Gasteiger partial charge < -0.3 is 25.4 Å². The van der Waals surface area contributed by atoms with E-state index in [0.29, 0.717) is 11.3 Å². The average Bonchev–Trinajstić information content (AvgIpc) is 2.65. The number of Topliss-reactive ketones (excluding diaryl/α,β-unsaturated/α-hetero) is 1. The Morgan fingerprint density at radius 3 is 2.54 bits per heavy atom. The summed E-state index contributed by atoms with van der Waals surface area (Å²) < 4.78 is 19.4. The van der Waals surface area contributed by atoms with Gasteiger partial charge in [-0.1, -0.05) is 19.1 Å². The third kappa shape index (κ3) is 4.76. The monoisotopic (exact) mass is 393 g/mol. The van der Waals surface area contributed by atoms with Gasteiger partial charge in [-0.15, -0.1) is 0 Å². The largest absolute Gasteiger partial charge is 0.507 e. The van der Waals surface area contributed by atoms with Gasteiger partial charge in [-0.3, -0.25) is 4.79 Å². The Balaban J connectivity index is 2.54. The summed E-state index contributed by atoms with van der Waals surface area (Å²) in [4.78, 5) is 24.5. The standard InChI is InChI=1S/C20H24FNO6/c1-10-7-14(21)18(25)19(26)15(23)6-4-5-12-8-13(22-3)9-16(24)17(12)20(27)28-11(10)2/h4-5,7-11,15,19,22-24,26H,6H2,1-3H3/b5-4+,14-7+. The molecule has 28 heavy (non-hydrogen) atoms. The second-order valence-corrected chi connectivity index (χ2v) is 6.71. The fourth-order valence-electron chi connectivity index (χ4n) is 2.71. The molecule has 4 N–H and O–H groups in total. The van der Waals surface area contributed by atoms with Crippen LogP contribution in [0.1, 0.15) is 36.2 Å². The van der Waals surface area contributed by atoms with Crippen molar-refractivity contribution in [3.8, 4) is 5.75 Å². The van der Waals surface area contributed by atoms with E-state index in [9.17, 15) is 29.3 Å². The molecule has 1 aliphatic rings. The van der Waals surface area contributed by atoms with Crippen molar-refractivity contribution in [2.75, 3.05) is 12.4 Å². The number of aliphatic hydroxyl groups excluding tert-OH is 2. The molecule has 1 aromatic rings. The van der Waals surface area contributed by atoms with Crippen molar-refractivity contribution in [3.63, 3.8) is 0 Å². The van der Waals surface area contributed by atoms with E-state index in [1.54, 1.807) is 13.1 Å². The highest BCUT2D eigenvalue weighted by atomic mass is 19.1. The van der Waals surface area contributed by atoms with Crippen LogP contribution in [0.2, 0.25) is 0 Å². The van der Waals surface area contributed by atoms with Crippen LogP contribution in [-0.2, 0) is 9.53 Å². The summed E-state index contributed by atoms with van der Waals surface area (Å²) in [7, 11) is 1.64. The van der Waals surface area contributed by atoms with E-state index in [-0.39, 0.29) is 17.7 Å². The second-order valence-electron chi connectivity index (χ2n) is 6.71. The molecule has 4 unspecified atom stereocenters. The topological polar surface area (TPSA) is 116 Å². The van der Waals surface area contributed by atoms with E-state index in [0.717, 1.165) is 6.08 Å². The van der Waals surface area contributed by atoms with Gasteiger partial charge in [0.2, 0.25) is 5.78 Å².